The molecule has 1 aliphatic heterocycles. The summed E-state index contributed by atoms with van der Waals surface area (Å²) in [5.41, 5.74) is 1.71. The predicted molar refractivity (Wildman–Crippen MR) is 80.5 cm³/mol. The lowest BCUT2D eigenvalue weighted by Gasteiger charge is -2.35. The highest BCUT2D eigenvalue weighted by atomic mass is 35.5. The zero-order chi connectivity index (χ0) is 15.3. The van der Waals surface area contributed by atoms with Gasteiger partial charge in [0.1, 0.15) is 11.5 Å². The molecule has 0 amide bonds. The number of H-pyrrole nitrogens is 1. The van der Waals surface area contributed by atoms with Crippen molar-refractivity contribution in [2.24, 2.45) is 0 Å². The number of aryl methyl sites for hydroxylation is 1. The molecule has 1 atom stereocenters. The highest BCUT2D eigenvalue weighted by Crippen LogP contribution is 2.43. The van der Waals surface area contributed by atoms with E-state index < -0.39 is 0 Å². The van der Waals surface area contributed by atoms with Gasteiger partial charge in [0.15, 0.2) is 11.6 Å². The van der Waals surface area contributed by atoms with Gasteiger partial charge in [-0.15, -0.1) is 10.2 Å². The summed E-state index contributed by atoms with van der Waals surface area (Å²) in [6.45, 7) is 4.01. The Hall–Kier alpha value is -2.48. The van der Waals surface area contributed by atoms with Crippen molar-refractivity contribution in [3.63, 3.8) is 0 Å². The van der Waals surface area contributed by atoms with Crippen molar-refractivity contribution >= 4 is 23.1 Å². The molecule has 8 nitrogen and oxygen atoms in total. The van der Waals surface area contributed by atoms with E-state index in [4.69, 9.17) is 11.6 Å². The van der Waals surface area contributed by atoms with Gasteiger partial charge in [-0.1, -0.05) is 6.92 Å². The molecular formula is C13H13ClN8. The summed E-state index contributed by atoms with van der Waals surface area (Å²) in [5.74, 6) is 2.38. The van der Waals surface area contributed by atoms with E-state index in [9.17, 15) is 0 Å². The monoisotopic (exact) mass is 316 g/mol. The smallest absolute Gasteiger partial charge is 0.224 e. The summed E-state index contributed by atoms with van der Waals surface area (Å²) in [7, 11) is 0. The molecule has 22 heavy (non-hydrogen) atoms. The summed E-state index contributed by atoms with van der Waals surface area (Å²) < 4.78 is 1.98. The van der Waals surface area contributed by atoms with Crippen molar-refractivity contribution in [1.29, 1.82) is 0 Å². The van der Waals surface area contributed by atoms with Crippen LogP contribution in [0.4, 0.5) is 11.5 Å². The summed E-state index contributed by atoms with van der Waals surface area (Å²) >= 11 is 6.02. The average molecular weight is 317 g/mol. The number of nitrogens with zero attached hydrogens (tertiary/aromatic N) is 7. The van der Waals surface area contributed by atoms with Gasteiger partial charge in [-0.2, -0.15) is 10.1 Å². The second-order valence-electron chi connectivity index (χ2n) is 5.04. The lowest BCUT2D eigenvalue weighted by Crippen LogP contribution is -2.32. The van der Waals surface area contributed by atoms with Crippen LogP contribution in [0.2, 0.25) is 5.28 Å². The van der Waals surface area contributed by atoms with Crippen LogP contribution in [0.25, 0.3) is 5.69 Å². The van der Waals surface area contributed by atoms with Gasteiger partial charge in [0, 0.05) is 6.20 Å². The third-order valence-electron chi connectivity index (χ3n) is 3.80. The van der Waals surface area contributed by atoms with E-state index in [2.05, 4.69) is 42.2 Å². The first-order valence-electron chi connectivity index (χ1n) is 6.93. The van der Waals surface area contributed by atoms with Crippen LogP contribution >= 0.6 is 11.6 Å². The Morgan fingerprint density at radius 2 is 2.18 bits per heavy atom. The molecule has 0 spiro atoms. The molecule has 0 saturated heterocycles. The summed E-state index contributed by atoms with van der Waals surface area (Å²) in [5, 5.41) is 15.6. The molecule has 1 N–H and O–H groups in total. The Morgan fingerprint density at radius 3 is 2.91 bits per heavy atom. The van der Waals surface area contributed by atoms with Crippen LogP contribution in [-0.4, -0.2) is 34.9 Å². The topological polar surface area (TPSA) is 88.4 Å². The van der Waals surface area contributed by atoms with Gasteiger partial charge in [0.2, 0.25) is 5.28 Å². The number of hydrogen-bond acceptors (Lipinski definition) is 6. The van der Waals surface area contributed by atoms with Crippen LogP contribution in [0.5, 0.6) is 0 Å². The number of halogens is 1. The molecule has 4 rings (SSSR count). The molecule has 0 aromatic carbocycles. The fourth-order valence-corrected chi connectivity index (χ4v) is 3.01. The molecule has 0 bridgehead atoms. The lowest BCUT2D eigenvalue weighted by atomic mass is 10.1. The van der Waals surface area contributed by atoms with Crippen molar-refractivity contribution in [3.8, 4) is 5.69 Å². The fourth-order valence-electron chi connectivity index (χ4n) is 2.88. The minimum Gasteiger partial charge on any atom is -0.311 e. The average Bonchev–Trinajstić information content (AvgIpc) is 3.16. The third-order valence-corrected chi connectivity index (χ3v) is 3.98. The zero-order valence-corrected chi connectivity index (χ0v) is 12.8. The van der Waals surface area contributed by atoms with E-state index >= 15 is 0 Å². The Morgan fingerprint density at radius 1 is 1.32 bits per heavy atom. The molecule has 3 aromatic rings. The van der Waals surface area contributed by atoms with Crippen molar-refractivity contribution in [2.45, 2.75) is 26.3 Å². The van der Waals surface area contributed by atoms with E-state index in [1.807, 2.05) is 17.7 Å². The van der Waals surface area contributed by atoms with Crippen LogP contribution in [0, 0.1) is 6.92 Å². The molecule has 0 aliphatic carbocycles. The van der Waals surface area contributed by atoms with Crippen molar-refractivity contribution in [1.82, 2.24) is 34.9 Å². The van der Waals surface area contributed by atoms with E-state index in [0.29, 0.717) is 0 Å². The van der Waals surface area contributed by atoms with Gasteiger partial charge in [0.25, 0.3) is 0 Å². The van der Waals surface area contributed by atoms with Crippen LogP contribution in [0.15, 0.2) is 18.6 Å². The lowest BCUT2D eigenvalue weighted by molar-refractivity contribution is 0.587. The second kappa shape index (κ2) is 4.77. The summed E-state index contributed by atoms with van der Waals surface area (Å²) in [6, 6.07) is -0.00253. The minimum absolute atomic E-state index is 0.00253. The maximum atomic E-state index is 6.02. The predicted octanol–water partition coefficient (Wildman–Crippen LogP) is 2.35. The molecule has 1 aliphatic rings. The molecule has 3 aromatic heterocycles. The van der Waals surface area contributed by atoms with Crippen LogP contribution in [0.3, 0.4) is 0 Å². The highest BCUT2D eigenvalue weighted by molar-refractivity contribution is 6.28. The highest BCUT2D eigenvalue weighted by Gasteiger charge is 2.36. The summed E-state index contributed by atoms with van der Waals surface area (Å²) in [6.07, 6.45) is 6.11. The van der Waals surface area contributed by atoms with Gasteiger partial charge >= 0.3 is 0 Å². The number of rotatable bonds is 2. The normalized spacial score (nSPS) is 16.5. The minimum atomic E-state index is -0.00253. The maximum absolute atomic E-state index is 6.02. The second-order valence-corrected chi connectivity index (χ2v) is 5.38. The third kappa shape index (κ3) is 1.73. The van der Waals surface area contributed by atoms with E-state index in [-0.39, 0.29) is 11.3 Å². The largest absolute Gasteiger partial charge is 0.311 e. The number of aromatic nitrogens is 7. The van der Waals surface area contributed by atoms with Crippen molar-refractivity contribution in [2.75, 3.05) is 4.90 Å². The van der Waals surface area contributed by atoms with Gasteiger partial charge in [-0.3, -0.25) is 9.67 Å². The van der Waals surface area contributed by atoms with Crippen molar-refractivity contribution < 1.29 is 0 Å². The number of nitrogens with one attached hydrogen (secondary N) is 1. The standard InChI is InChI=1S/C13H13ClN8/c1-3-9-12-20-19-7(2)21(12)10-6-15-13(14)18-11(10)22(9)8-4-16-17-5-8/h4-6,9H,3H2,1-2H3,(H,16,17). The van der Waals surface area contributed by atoms with Crippen molar-refractivity contribution in [3.05, 3.63) is 35.5 Å². The number of fused-ring (bicyclic) bond motifs is 3. The molecule has 0 radical (unpaired) electrons. The van der Waals surface area contributed by atoms with Gasteiger partial charge in [-0.25, -0.2) is 4.98 Å². The van der Waals surface area contributed by atoms with Crippen LogP contribution < -0.4 is 4.90 Å². The fraction of sp³-hybridized carbons (Fsp3) is 0.308. The maximum Gasteiger partial charge on any atom is 0.224 e. The van der Waals surface area contributed by atoms with E-state index in [0.717, 1.165) is 35.3 Å². The molecule has 0 saturated carbocycles. The Bertz CT molecular complexity index is 825. The Labute approximate surface area is 131 Å². The molecule has 0 fully saturated rings. The first-order valence-corrected chi connectivity index (χ1v) is 7.31. The zero-order valence-electron chi connectivity index (χ0n) is 12.0. The SMILES string of the molecule is CCC1c2nnc(C)n2-c2cnc(Cl)nc2N1c1cn[nH]c1. The number of aromatic amines is 1. The Balaban J connectivity index is 2.03. The Kier molecular flexibility index (Phi) is 2.86. The quantitative estimate of drug-likeness (QED) is 0.730. The first kappa shape index (κ1) is 13.2. The number of hydrogen-bond donors (Lipinski definition) is 1. The van der Waals surface area contributed by atoms with Gasteiger partial charge < -0.3 is 4.90 Å². The molecule has 9 heteroatoms. The molecule has 4 heterocycles. The number of anilines is 2. The van der Waals surface area contributed by atoms with Gasteiger partial charge in [-0.05, 0) is 24.9 Å². The first-order chi connectivity index (χ1) is 10.7. The molecular weight excluding hydrogens is 304 g/mol. The molecule has 112 valence electrons. The van der Waals surface area contributed by atoms with E-state index in [1.54, 1.807) is 12.4 Å². The molecule has 1 unspecified atom stereocenters. The van der Waals surface area contributed by atoms with Gasteiger partial charge in [0.05, 0.1) is 24.1 Å². The van der Waals surface area contributed by atoms with E-state index in [1.165, 1.54) is 0 Å². The van der Waals surface area contributed by atoms with Crippen LogP contribution in [-0.2, 0) is 0 Å². The summed E-state index contributed by atoms with van der Waals surface area (Å²) in [4.78, 5) is 10.6. The van der Waals surface area contributed by atoms with Crippen LogP contribution in [0.1, 0.15) is 31.0 Å².